The maximum atomic E-state index is 11.0. The van der Waals surface area contributed by atoms with Gasteiger partial charge in [-0.05, 0) is 6.42 Å². The van der Waals surface area contributed by atoms with Crippen molar-refractivity contribution in [3.8, 4) is 0 Å². The Labute approximate surface area is 41.9 Å². The number of rotatable bonds is 4. The Morgan fingerprint density at radius 3 is 2.71 bits per heavy atom. The summed E-state index contributed by atoms with van der Waals surface area (Å²) in [4.78, 5) is 0. The summed E-state index contributed by atoms with van der Waals surface area (Å²) in [7, 11) is 0. The number of aliphatic hydroxyl groups is 1. The lowest BCUT2D eigenvalue weighted by Gasteiger charge is -1.92. The molecule has 1 N–H and O–H groups in total. The maximum absolute atomic E-state index is 11.0. The molecule has 0 saturated heterocycles. The number of hydrogen-bond donors (Lipinski definition) is 1. The largest absolute Gasteiger partial charge is 0.396 e. The first-order chi connectivity index (χ1) is 3.41. The molecule has 0 unspecified atom stereocenters. The molecule has 44 valence electrons. The van der Waals surface area contributed by atoms with Crippen LogP contribution in [0, 0.1) is 0 Å². The smallest absolute Gasteiger partial charge is 0.188 e. The van der Waals surface area contributed by atoms with E-state index in [1.807, 2.05) is 0 Å². The third-order valence-electron chi connectivity index (χ3n) is 0.524. The predicted molar refractivity (Wildman–Crippen MR) is 23.6 cm³/mol. The summed E-state index contributed by atoms with van der Waals surface area (Å²) in [5.74, 6) is 0. The molecule has 0 rings (SSSR count). The zero-order chi connectivity index (χ0) is 5.54. The lowest BCUT2D eigenvalue weighted by Crippen LogP contribution is -1.94. The fourth-order valence-electron chi connectivity index (χ4n) is 0.221. The Bertz CT molecular complexity index is 28.9. The Hall–Kier alpha value is -0.150. The van der Waals surface area contributed by atoms with Crippen molar-refractivity contribution in [2.24, 2.45) is 0 Å². The summed E-state index contributed by atoms with van der Waals surface area (Å²) in [5, 5.41) is 8.09. The molecule has 2 nitrogen and oxygen atoms in total. The van der Waals surface area contributed by atoms with Crippen LogP contribution in [0.3, 0.4) is 0 Å². The Balaban J connectivity index is 2.45. The summed E-state index contributed by atoms with van der Waals surface area (Å²) in [6.45, 7) is -0.368. The minimum Gasteiger partial charge on any atom is -0.396 e. The van der Waals surface area contributed by atoms with Crippen molar-refractivity contribution < 1.29 is 14.2 Å². The van der Waals surface area contributed by atoms with Crippen LogP contribution in [0.15, 0.2) is 0 Å². The molecule has 0 fully saturated rings. The van der Waals surface area contributed by atoms with Crippen LogP contribution in [-0.2, 0) is 4.74 Å². The van der Waals surface area contributed by atoms with Crippen molar-refractivity contribution >= 4 is 0 Å². The molecule has 0 aliphatic rings. The van der Waals surface area contributed by atoms with Gasteiger partial charge in [-0.25, -0.2) is 4.39 Å². The Kier molecular flexibility index (Phi) is 5.72. The first-order valence-corrected chi connectivity index (χ1v) is 2.16. The lowest BCUT2D eigenvalue weighted by molar-refractivity contribution is 0.0492. The molecule has 0 atom stereocenters. The number of halogens is 1. The van der Waals surface area contributed by atoms with Gasteiger partial charge in [-0.3, -0.25) is 0 Å². The lowest BCUT2D eigenvalue weighted by atomic mass is 10.5. The molecule has 0 spiro atoms. The van der Waals surface area contributed by atoms with E-state index < -0.39 is 6.86 Å². The van der Waals surface area contributed by atoms with Gasteiger partial charge in [0.25, 0.3) is 0 Å². The summed E-state index contributed by atoms with van der Waals surface area (Å²) >= 11 is 0. The summed E-state index contributed by atoms with van der Waals surface area (Å²) in [6, 6.07) is 0. The van der Waals surface area contributed by atoms with Crippen LogP contribution in [0.25, 0.3) is 0 Å². The van der Waals surface area contributed by atoms with Crippen LogP contribution in [0.2, 0.25) is 0 Å². The number of alkyl halides is 1. The van der Waals surface area contributed by atoms with Gasteiger partial charge in [-0.1, -0.05) is 0 Å². The van der Waals surface area contributed by atoms with Gasteiger partial charge in [0.1, 0.15) is 0 Å². The van der Waals surface area contributed by atoms with Gasteiger partial charge in [0.2, 0.25) is 0 Å². The molecule has 0 radical (unpaired) electrons. The van der Waals surface area contributed by atoms with Gasteiger partial charge in [0, 0.05) is 6.61 Å². The molecule has 3 heteroatoms. The molecule has 0 aromatic heterocycles. The molecule has 0 heterocycles. The SMILES string of the molecule is OCCCOCF. The van der Waals surface area contributed by atoms with E-state index in [4.69, 9.17) is 5.11 Å². The highest BCUT2D eigenvalue weighted by atomic mass is 19.1. The third kappa shape index (κ3) is 5.85. The van der Waals surface area contributed by atoms with Crippen LogP contribution in [0.1, 0.15) is 6.42 Å². The molecule has 0 amide bonds. The average Bonchev–Trinajstić information content (AvgIpc) is 1.69. The molecule has 0 bridgehead atoms. The van der Waals surface area contributed by atoms with Crippen molar-refractivity contribution in [1.29, 1.82) is 0 Å². The van der Waals surface area contributed by atoms with Crippen molar-refractivity contribution in [1.82, 2.24) is 0 Å². The minimum absolute atomic E-state index is 0.0694. The molecule has 0 aromatic carbocycles. The molecule has 0 aromatic rings. The van der Waals surface area contributed by atoms with E-state index in [1.54, 1.807) is 0 Å². The Morgan fingerprint density at radius 2 is 2.29 bits per heavy atom. The van der Waals surface area contributed by atoms with Crippen LogP contribution in [-0.4, -0.2) is 25.2 Å². The average molecular weight is 108 g/mol. The third-order valence-corrected chi connectivity index (χ3v) is 0.524. The predicted octanol–water partition coefficient (Wildman–Crippen LogP) is 0.312. The molecule has 0 saturated carbocycles. The summed E-state index contributed by atoms with van der Waals surface area (Å²) < 4.78 is 15.3. The van der Waals surface area contributed by atoms with Gasteiger partial charge in [-0.2, -0.15) is 0 Å². The fourth-order valence-corrected chi connectivity index (χ4v) is 0.221. The molecule has 0 aliphatic heterocycles. The first-order valence-electron chi connectivity index (χ1n) is 2.16. The van der Waals surface area contributed by atoms with Crippen LogP contribution in [0.4, 0.5) is 4.39 Å². The van der Waals surface area contributed by atoms with Gasteiger partial charge < -0.3 is 9.84 Å². The number of hydrogen-bond acceptors (Lipinski definition) is 2. The second-order valence-corrected chi connectivity index (χ2v) is 1.09. The standard InChI is InChI=1S/C4H9FO2/c5-4-7-3-1-2-6/h6H,1-4H2. The van der Waals surface area contributed by atoms with Crippen molar-refractivity contribution in [3.63, 3.8) is 0 Å². The normalized spacial score (nSPS) is 9.43. The van der Waals surface area contributed by atoms with Crippen LogP contribution < -0.4 is 0 Å². The van der Waals surface area contributed by atoms with Gasteiger partial charge in [0.05, 0.1) is 6.61 Å². The molecule has 0 aliphatic carbocycles. The van der Waals surface area contributed by atoms with E-state index in [0.717, 1.165) is 0 Å². The van der Waals surface area contributed by atoms with E-state index in [0.29, 0.717) is 13.0 Å². The van der Waals surface area contributed by atoms with E-state index in [2.05, 4.69) is 4.74 Å². The molecular weight excluding hydrogens is 99.0 g/mol. The van der Waals surface area contributed by atoms with Crippen molar-refractivity contribution in [3.05, 3.63) is 0 Å². The van der Waals surface area contributed by atoms with E-state index in [-0.39, 0.29) is 6.61 Å². The van der Waals surface area contributed by atoms with E-state index in [9.17, 15) is 4.39 Å². The van der Waals surface area contributed by atoms with Gasteiger partial charge in [-0.15, -0.1) is 0 Å². The van der Waals surface area contributed by atoms with E-state index in [1.165, 1.54) is 0 Å². The van der Waals surface area contributed by atoms with Crippen LogP contribution >= 0.6 is 0 Å². The minimum atomic E-state index is -0.750. The van der Waals surface area contributed by atoms with E-state index >= 15 is 0 Å². The zero-order valence-corrected chi connectivity index (χ0v) is 4.06. The monoisotopic (exact) mass is 108 g/mol. The second kappa shape index (κ2) is 5.85. The van der Waals surface area contributed by atoms with Crippen molar-refractivity contribution in [2.45, 2.75) is 6.42 Å². The molecule has 7 heavy (non-hydrogen) atoms. The van der Waals surface area contributed by atoms with Crippen LogP contribution in [0.5, 0.6) is 0 Å². The highest BCUT2D eigenvalue weighted by molar-refractivity contribution is 4.26. The Morgan fingerprint density at radius 1 is 1.57 bits per heavy atom. The highest BCUT2D eigenvalue weighted by Crippen LogP contribution is 1.78. The topological polar surface area (TPSA) is 29.5 Å². The maximum Gasteiger partial charge on any atom is 0.188 e. The molecular formula is C4H9FO2. The fraction of sp³-hybridized carbons (Fsp3) is 1.00. The summed E-state index contributed by atoms with van der Waals surface area (Å²) in [5.41, 5.74) is 0. The highest BCUT2D eigenvalue weighted by Gasteiger charge is 1.81. The first kappa shape index (κ1) is 6.85. The quantitative estimate of drug-likeness (QED) is 0.525. The van der Waals surface area contributed by atoms with Gasteiger partial charge in [0.15, 0.2) is 6.86 Å². The van der Waals surface area contributed by atoms with Gasteiger partial charge >= 0.3 is 0 Å². The summed E-state index contributed by atoms with van der Waals surface area (Å²) in [6.07, 6.45) is 0.518. The number of ether oxygens (including phenoxy) is 1. The number of aliphatic hydroxyl groups excluding tert-OH is 1. The van der Waals surface area contributed by atoms with Crippen molar-refractivity contribution in [2.75, 3.05) is 20.1 Å². The zero-order valence-electron chi connectivity index (χ0n) is 4.06. The second-order valence-electron chi connectivity index (χ2n) is 1.09.